The van der Waals surface area contributed by atoms with E-state index < -0.39 is 0 Å². The minimum atomic E-state index is 0.421. The first-order valence-electron chi connectivity index (χ1n) is 6.30. The molecule has 2 nitrogen and oxygen atoms in total. The molecule has 4 rings (SSSR count). The molecule has 2 heteroatoms. The van der Waals surface area contributed by atoms with Crippen LogP contribution in [-0.2, 0) is 0 Å². The van der Waals surface area contributed by atoms with Gasteiger partial charge >= 0.3 is 0 Å². The molecule has 0 spiro atoms. The lowest BCUT2D eigenvalue weighted by molar-refractivity contribution is -0.0745. The van der Waals surface area contributed by atoms with Gasteiger partial charge < -0.3 is 0 Å². The van der Waals surface area contributed by atoms with Crippen LogP contribution in [0.25, 0.3) is 0 Å². The van der Waals surface area contributed by atoms with Crippen LogP contribution in [0.15, 0.2) is 0 Å². The molecule has 4 fully saturated rings. The Bertz CT molecular complexity index is 267. The molecule has 0 aromatic carbocycles. The highest BCUT2D eigenvalue weighted by molar-refractivity contribution is 5.07. The third-order valence-electron chi connectivity index (χ3n) is 5.12. The molecule has 0 radical (unpaired) electrons. The maximum absolute atomic E-state index is 8.85. The van der Waals surface area contributed by atoms with Crippen molar-refractivity contribution in [1.29, 1.82) is 5.26 Å². The molecule has 4 aliphatic carbocycles. The summed E-state index contributed by atoms with van der Waals surface area (Å²) >= 11 is 0. The third-order valence-corrected chi connectivity index (χ3v) is 5.12. The molecule has 4 aliphatic rings. The standard InChI is InChI=1S/C13H20N2/c1-15(3-2-14)13-7-10-4-11(8-13)6-12(5-10)9-13/h10-12H,3-9H2,1H3. The number of nitrogens with zero attached hydrogens (tertiary/aromatic N) is 2. The second-order valence-electron chi connectivity index (χ2n) is 6.16. The minimum Gasteiger partial charge on any atom is -0.288 e. The summed E-state index contributed by atoms with van der Waals surface area (Å²) in [4.78, 5) is 2.36. The van der Waals surface area contributed by atoms with Crippen molar-refractivity contribution in [2.75, 3.05) is 13.6 Å². The van der Waals surface area contributed by atoms with Crippen LogP contribution in [0, 0.1) is 29.1 Å². The second-order valence-corrected chi connectivity index (χ2v) is 6.16. The lowest BCUT2D eigenvalue weighted by Crippen LogP contribution is -2.58. The van der Waals surface area contributed by atoms with Gasteiger partial charge in [0, 0.05) is 5.54 Å². The number of hydrogen-bond donors (Lipinski definition) is 0. The van der Waals surface area contributed by atoms with Crippen molar-refractivity contribution >= 4 is 0 Å². The Morgan fingerprint density at radius 1 is 1.13 bits per heavy atom. The lowest BCUT2D eigenvalue weighted by atomic mass is 9.52. The highest BCUT2D eigenvalue weighted by atomic mass is 15.2. The molecule has 15 heavy (non-hydrogen) atoms. The lowest BCUT2D eigenvalue weighted by Gasteiger charge is -2.59. The monoisotopic (exact) mass is 204 g/mol. The Morgan fingerprint density at radius 3 is 2.00 bits per heavy atom. The molecular weight excluding hydrogens is 184 g/mol. The van der Waals surface area contributed by atoms with Crippen molar-refractivity contribution in [3.05, 3.63) is 0 Å². The van der Waals surface area contributed by atoms with E-state index >= 15 is 0 Å². The molecule has 0 aliphatic heterocycles. The van der Waals surface area contributed by atoms with Gasteiger partial charge in [-0.1, -0.05) is 0 Å². The van der Waals surface area contributed by atoms with Gasteiger partial charge in [0.2, 0.25) is 0 Å². The number of rotatable bonds is 2. The molecule has 0 aromatic rings. The molecule has 0 atom stereocenters. The minimum absolute atomic E-state index is 0.421. The molecule has 4 saturated carbocycles. The summed E-state index contributed by atoms with van der Waals surface area (Å²) in [6, 6.07) is 2.32. The smallest absolute Gasteiger partial charge is 0.0868 e. The van der Waals surface area contributed by atoms with E-state index in [1.165, 1.54) is 38.5 Å². The zero-order valence-corrected chi connectivity index (χ0v) is 9.58. The average Bonchev–Trinajstić information content (AvgIpc) is 2.15. The van der Waals surface area contributed by atoms with E-state index in [0.29, 0.717) is 12.1 Å². The van der Waals surface area contributed by atoms with E-state index in [2.05, 4.69) is 18.0 Å². The van der Waals surface area contributed by atoms with Gasteiger partial charge in [-0.05, 0) is 63.3 Å². The second kappa shape index (κ2) is 3.22. The molecule has 4 bridgehead atoms. The van der Waals surface area contributed by atoms with E-state index in [1.807, 2.05) is 0 Å². The van der Waals surface area contributed by atoms with E-state index in [0.717, 1.165) is 17.8 Å². The van der Waals surface area contributed by atoms with Gasteiger partial charge in [0.05, 0.1) is 12.6 Å². The zero-order valence-electron chi connectivity index (χ0n) is 9.58. The molecule has 0 heterocycles. The summed E-state index contributed by atoms with van der Waals surface area (Å²) in [5.41, 5.74) is 0.421. The van der Waals surface area contributed by atoms with E-state index in [-0.39, 0.29) is 0 Å². The first-order valence-corrected chi connectivity index (χ1v) is 6.30. The summed E-state index contributed by atoms with van der Waals surface area (Å²) < 4.78 is 0. The number of nitriles is 1. The van der Waals surface area contributed by atoms with Gasteiger partial charge in [0.15, 0.2) is 0 Å². The summed E-state index contributed by atoms with van der Waals surface area (Å²) in [5.74, 6) is 2.95. The van der Waals surface area contributed by atoms with Crippen molar-refractivity contribution in [1.82, 2.24) is 4.90 Å². The normalized spacial score (nSPS) is 47.1. The topological polar surface area (TPSA) is 27.0 Å². The Morgan fingerprint density at radius 2 is 1.60 bits per heavy atom. The SMILES string of the molecule is CN(CC#N)C12CC3CC(CC(C3)C1)C2. The Kier molecular flexibility index (Phi) is 2.07. The van der Waals surface area contributed by atoms with Crippen molar-refractivity contribution in [3.63, 3.8) is 0 Å². The van der Waals surface area contributed by atoms with Gasteiger partial charge in [0.25, 0.3) is 0 Å². The highest BCUT2D eigenvalue weighted by Gasteiger charge is 2.52. The fraction of sp³-hybridized carbons (Fsp3) is 0.923. The van der Waals surface area contributed by atoms with Gasteiger partial charge in [0.1, 0.15) is 0 Å². The fourth-order valence-corrected chi connectivity index (χ4v) is 4.81. The van der Waals surface area contributed by atoms with E-state index in [4.69, 9.17) is 5.26 Å². The van der Waals surface area contributed by atoms with Crippen LogP contribution in [0.3, 0.4) is 0 Å². The van der Waals surface area contributed by atoms with Crippen LogP contribution in [-0.4, -0.2) is 24.0 Å². The van der Waals surface area contributed by atoms with Gasteiger partial charge in [-0.3, -0.25) is 4.90 Å². The quantitative estimate of drug-likeness (QED) is 0.646. The average molecular weight is 204 g/mol. The Hall–Kier alpha value is -0.550. The molecule has 0 amide bonds. The molecule has 82 valence electrons. The summed E-state index contributed by atoms with van der Waals surface area (Å²) in [6.45, 7) is 0.617. The van der Waals surface area contributed by atoms with Gasteiger partial charge in [-0.2, -0.15) is 5.26 Å². The predicted molar refractivity (Wildman–Crippen MR) is 59.1 cm³/mol. The molecule has 0 aromatic heterocycles. The maximum Gasteiger partial charge on any atom is 0.0868 e. The van der Waals surface area contributed by atoms with Gasteiger partial charge in [-0.15, -0.1) is 0 Å². The van der Waals surface area contributed by atoms with Crippen LogP contribution in [0.2, 0.25) is 0 Å². The molecule has 0 saturated heterocycles. The van der Waals surface area contributed by atoms with Crippen molar-refractivity contribution < 1.29 is 0 Å². The van der Waals surface area contributed by atoms with Crippen molar-refractivity contribution in [2.24, 2.45) is 17.8 Å². The molecule has 0 unspecified atom stereocenters. The van der Waals surface area contributed by atoms with Gasteiger partial charge in [-0.25, -0.2) is 0 Å². The zero-order chi connectivity index (χ0) is 10.5. The summed E-state index contributed by atoms with van der Waals surface area (Å²) in [7, 11) is 2.16. The van der Waals surface area contributed by atoms with Crippen LogP contribution in [0.4, 0.5) is 0 Å². The van der Waals surface area contributed by atoms with Crippen LogP contribution in [0.1, 0.15) is 38.5 Å². The first kappa shape index (κ1) is 9.66. The Labute approximate surface area is 92.3 Å². The predicted octanol–water partition coefficient (Wildman–Crippen LogP) is 2.41. The summed E-state index contributed by atoms with van der Waals surface area (Å²) in [5, 5.41) is 8.85. The fourth-order valence-electron chi connectivity index (χ4n) is 4.81. The largest absolute Gasteiger partial charge is 0.288 e. The Balaban J connectivity index is 1.84. The van der Waals surface area contributed by atoms with Crippen LogP contribution in [0.5, 0.6) is 0 Å². The van der Waals surface area contributed by atoms with E-state index in [1.54, 1.807) is 0 Å². The summed E-state index contributed by atoms with van der Waals surface area (Å²) in [6.07, 6.45) is 8.57. The van der Waals surface area contributed by atoms with Crippen LogP contribution < -0.4 is 0 Å². The molecule has 0 N–H and O–H groups in total. The highest BCUT2D eigenvalue weighted by Crippen LogP contribution is 2.57. The first-order chi connectivity index (χ1) is 7.22. The van der Waals surface area contributed by atoms with Crippen molar-refractivity contribution in [2.45, 2.75) is 44.1 Å². The number of hydrogen-bond acceptors (Lipinski definition) is 2. The van der Waals surface area contributed by atoms with E-state index in [9.17, 15) is 0 Å². The maximum atomic E-state index is 8.85. The van der Waals surface area contributed by atoms with Crippen LogP contribution >= 0.6 is 0 Å². The third kappa shape index (κ3) is 1.40. The van der Waals surface area contributed by atoms with Crippen molar-refractivity contribution in [3.8, 4) is 6.07 Å². The molecular formula is C13H20N2.